The van der Waals surface area contributed by atoms with E-state index in [0.29, 0.717) is 0 Å². The Morgan fingerprint density at radius 2 is 1.33 bits per heavy atom. The van der Waals surface area contributed by atoms with Gasteiger partial charge in [0.25, 0.3) is 0 Å². The standard InChI is InChI=1S/C14H10Cl/c15-14-10-8-13(9-11-14)7-6-12-4-2-1-3-5-12/h2-11H/b7-6-. The van der Waals surface area contributed by atoms with Crippen molar-refractivity contribution in [3.63, 3.8) is 0 Å². The van der Waals surface area contributed by atoms with E-state index in [-0.39, 0.29) is 0 Å². The summed E-state index contributed by atoms with van der Waals surface area (Å²) < 4.78 is 0. The summed E-state index contributed by atoms with van der Waals surface area (Å²) in [5.74, 6) is 0. The van der Waals surface area contributed by atoms with E-state index in [1.165, 1.54) is 5.56 Å². The van der Waals surface area contributed by atoms with Crippen LogP contribution in [0.2, 0.25) is 5.02 Å². The average Bonchev–Trinajstić information content (AvgIpc) is 2.30. The van der Waals surface area contributed by atoms with Crippen LogP contribution >= 0.6 is 11.6 Å². The molecule has 2 aromatic carbocycles. The number of halogens is 1. The van der Waals surface area contributed by atoms with Crippen LogP contribution in [0.15, 0.2) is 48.5 Å². The van der Waals surface area contributed by atoms with Crippen molar-refractivity contribution in [3.05, 3.63) is 70.7 Å². The lowest BCUT2D eigenvalue weighted by molar-refractivity contribution is 1.64. The van der Waals surface area contributed by atoms with E-state index < -0.39 is 0 Å². The van der Waals surface area contributed by atoms with E-state index in [1.54, 1.807) is 0 Å². The molecule has 73 valence electrons. The molecular formula is C14H10Cl. The molecule has 0 fully saturated rings. The molecule has 1 heteroatoms. The van der Waals surface area contributed by atoms with E-state index in [2.05, 4.69) is 18.2 Å². The summed E-state index contributed by atoms with van der Waals surface area (Å²) in [5, 5.41) is 0.765. The van der Waals surface area contributed by atoms with Crippen molar-refractivity contribution in [1.82, 2.24) is 0 Å². The lowest BCUT2D eigenvalue weighted by Crippen LogP contribution is -1.72. The number of rotatable bonds is 2. The lowest BCUT2D eigenvalue weighted by Gasteiger charge is -1.94. The minimum absolute atomic E-state index is 0.765. The summed E-state index contributed by atoms with van der Waals surface area (Å²) in [7, 11) is 0. The van der Waals surface area contributed by atoms with Gasteiger partial charge in [-0.3, -0.25) is 0 Å². The van der Waals surface area contributed by atoms with E-state index in [4.69, 9.17) is 11.6 Å². The second-order valence-electron chi connectivity index (χ2n) is 3.22. The molecule has 2 rings (SSSR count). The van der Waals surface area contributed by atoms with Gasteiger partial charge in [0.1, 0.15) is 0 Å². The summed E-state index contributed by atoms with van der Waals surface area (Å²) in [5.41, 5.74) is 2.32. The normalized spacial score (nSPS) is 10.7. The SMILES string of the molecule is Clc1ccc(/C=C\c2cc[c]cc2)cc1. The third-order valence-electron chi connectivity index (χ3n) is 2.08. The summed E-state index contributed by atoms with van der Waals surface area (Å²) >= 11 is 5.80. The Morgan fingerprint density at radius 1 is 0.800 bits per heavy atom. The fourth-order valence-electron chi connectivity index (χ4n) is 1.28. The Labute approximate surface area is 94.8 Å². The van der Waals surface area contributed by atoms with E-state index in [0.717, 1.165) is 10.6 Å². The monoisotopic (exact) mass is 213 g/mol. The molecule has 0 aromatic heterocycles. The molecule has 0 aliphatic heterocycles. The Kier molecular flexibility index (Phi) is 3.21. The first-order chi connectivity index (χ1) is 7.34. The molecule has 0 bridgehead atoms. The maximum Gasteiger partial charge on any atom is 0.0406 e. The van der Waals surface area contributed by atoms with Gasteiger partial charge in [0, 0.05) is 5.02 Å². The van der Waals surface area contributed by atoms with Crippen molar-refractivity contribution in [2.24, 2.45) is 0 Å². The zero-order valence-electron chi connectivity index (χ0n) is 8.15. The van der Waals surface area contributed by atoms with Gasteiger partial charge < -0.3 is 0 Å². The molecule has 0 aliphatic carbocycles. The maximum absolute atomic E-state index is 5.80. The summed E-state index contributed by atoms with van der Waals surface area (Å²) in [6.07, 6.45) is 4.13. The van der Waals surface area contributed by atoms with Gasteiger partial charge >= 0.3 is 0 Å². The van der Waals surface area contributed by atoms with Crippen LogP contribution in [0.4, 0.5) is 0 Å². The summed E-state index contributed by atoms with van der Waals surface area (Å²) in [6.45, 7) is 0. The molecule has 0 unspecified atom stereocenters. The molecule has 2 aromatic rings. The van der Waals surface area contributed by atoms with Gasteiger partial charge in [-0.2, -0.15) is 0 Å². The molecule has 15 heavy (non-hydrogen) atoms. The van der Waals surface area contributed by atoms with Gasteiger partial charge in [-0.15, -0.1) is 0 Å². The third-order valence-corrected chi connectivity index (χ3v) is 2.33. The zero-order chi connectivity index (χ0) is 10.5. The van der Waals surface area contributed by atoms with Crippen LogP contribution in [0.5, 0.6) is 0 Å². The maximum atomic E-state index is 5.80. The first kappa shape index (κ1) is 10.0. The molecule has 0 amide bonds. The molecule has 0 nitrogen and oxygen atoms in total. The highest BCUT2D eigenvalue weighted by molar-refractivity contribution is 6.30. The van der Waals surface area contributed by atoms with Crippen LogP contribution in [0.25, 0.3) is 12.2 Å². The summed E-state index contributed by atoms with van der Waals surface area (Å²) in [4.78, 5) is 0. The first-order valence-electron chi connectivity index (χ1n) is 4.74. The highest BCUT2D eigenvalue weighted by atomic mass is 35.5. The van der Waals surface area contributed by atoms with Crippen molar-refractivity contribution in [3.8, 4) is 0 Å². The largest absolute Gasteiger partial charge is 0.0843 e. The predicted octanol–water partition coefficient (Wildman–Crippen LogP) is 4.31. The van der Waals surface area contributed by atoms with Crippen molar-refractivity contribution < 1.29 is 0 Å². The Balaban J connectivity index is 2.15. The topological polar surface area (TPSA) is 0 Å². The highest BCUT2D eigenvalue weighted by Crippen LogP contribution is 2.12. The summed E-state index contributed by atoms with van der Waals surface area (Å²) in [6, 6.07) is 18.6. The molecule has 0 atom stereocenters. The number of hydrogen-bond donors (Lipinski definition) is 0. The van der Waals surface area contributed by atoms with Gasteiger partial charge in [0.15, 0.2) is 0 Å². The van der Waals surface area contributed by atoms with Gasteiger partial charge in [-0.1, -0.05) is 60.2 Å². The molecule has 0 saturated carbocycles. The fraction of sp³-hybridized carbons (Fsp3) is 0. The van der Waals surface area contributed by atoms with Crippen LogP contribution in [0.1, 0.15) is 11.1 Å². The van der Waals surface area contributed by atoms with Gasteiger partial charge in [-0.05, 0) is 29.3 Å². The predicted molar refractivity (Wildman–Crippen MR) is 65.7 cm³/mol. The van der Waals surface area contributed by atoms with Crippen LogP contribution in [0, 0.1) is 6.07 Å². The van der Waals surface area contributed by atoms with Crippen LogP contribution in [-0.4, -0.2) is 0 Å². The van der Waals surface area contributed by atoms with Gasteiger partial charge in [-0.25, -0.2) is 0 Å². The second-order valence-corrected chi connectivity index (χ2v) is 3.65. The van der Waals surface area contributed by atoms with Crippen molar-refractivity contribution in [2.45, 2.75) is 0 Å². The Bertz CT molecular complexity index is 441. The highest BCUT2D eigenvalue weighted by Gasteiger charge is 1.88. The minimum Gasteiger partial charge on any atom is -0.0843 e. The lowest BCUT2D eigenvalue weighted by atomic mass is 10.1. The molecule has 0 N–H and O–H groups in total. The van der Waals surface area contributed by atoms with Crippen molar-refractivity contribution >= 4 is 23.8 Å². The average molecular weight is 214 g/mol. The second kappa shape index (κ2) is 4.81. The van der Waals surface area contributed by atoms with Crippen LogP contribution in [0.3, 0.4) is 0 Å². The number of hydrogen-bond acceptors (Lipinski definition) is 0. The van der Waals surface area contributed by atoms with Crippen molar-refractivity contribution in [1.29, 1.82) is 0 Å². The van der Waals surface area contributed by atoms with Crippen molar-refractivity contribution in [2.75, 3.05) is 0 Å². The molecule has 0 heterocycles. The quantitative estimate of drug-likeness (QED) is 0.652. The van der Waals surface area contributed by atoms with Crippen LogP contribution < -0.4 is 0 Å². The Hall–Kier alpha value is -1.53. The smallest absolute Gasteiger partial charge is 0.0406 e. The molecule has 0 saturated heterocycles. The molecular weight excluding hydrogens is 204 g/mol. The van der Waals surface area contributed by atoms with E-state index >= 15 is 0 Å². The minimum atomic E-state index is 0.765. The van der Waals surface area contributed by atoms with Crippen LogP contribution in [-0.2, 0) is 0 Å². The van der Waals surface area contributed by atoms with Gasteiger partial charge in [0.05, 0.1) is 0 Å². The molecule has 0 spiro atoms. The van der Waals surface area contributed by atoms with E-state index in [1.807, 2.05) is 48.5 Å². The Morgan fingerprint density at radius 3 is 1.93 bits per heavy atom. The molecule has 0 aliphatic rings. The van der Waals surface area contributed by atoms with Gasteiger partial charge in [0.2, 0.25) is 0 Å². The first-order valence-corrected chi connectivity index (χ1v) is 5.12. The number of benzene rings is 2. The zero-order valence-corrected chi connectivity index (χ0v) is 8.91. The fourth-order valence-corrected chi connectivity index (χ4v) is 1.40. The van der Waals surface area contributed by atoms with E-state index in [9.17, 15) is 0 Å². The third kappa shape index (κ3) is 2.97. The molecule has 1 radical (unpaired) electrons.